The number of nitrogens with two attached hydrogens (primary N) is 1. The lowest BCUT2D eigenvalue weighted by molar-refractivity contribution is -0.119. The maximum Gasteiger partial charge on any atom is 0.241 e. The summed E-state index contributed by atoms with van der Waals surface area (Å²) in [6.07, 6.45) is 8.20. The Balaban J connectivity index is 1.64. The lowest BCUT2D eigenvalue weighted by Gasteiger charge is -2.32. The second-order valence-electron chi connectivity index (χ2n) is 6.75. The second-order valence-corrected chi connectivity index (χ2v) is 6.75. The summed E-state index contributed by atoms with van der Waals surface area (Å²) in [4.78, 5) is 16.5. The molecule has 4 heteroatoms. The zero-order chi connectivity index (χ0) is 16.9. The fourth-order valence-corrected chi connectivity index (χ4v) is 3.59. The van der Waals surface area contributed by atoms with Gasteiger partial charge in [0.25, 0.3) is 0 Å². The Morgan fingerprint density at radius 3 is 2.38 bits per heavy atom. The fraction of sp³-hybridized carbons (Fsp3) is 0.400. The van der Waals surface area contributed by atoms with Gasteiger partial charge in [0.15, 0.2) is 0 Å². The van der Waals surface area contributed by atoms with E-state index in [9.17, 15) is 4.79 Å². The van der Waals surface area contributed by atoms with Gasteiger partial charge in [-0.05, 0) is 53.6 Å². The zero-order valence-corrected chi connectivity index (χ0v) is 14.1. The number of hydrogen-bond donors (Lipinski definition) is 2. The highest BCUT2D eigenvalue weighted by atomic mass is 16.2. The van der Waals surface area contributed by atoms with Gasteiger partial charge in [-0.1, -0.05) is 38.3 Å². The molecule has 24 heavy (non-hydrogen) atoms. The highest BCUT2D eigenvalue weighted by Crippen LogP contribution is 2.31. The first-order valence-corrected chi connectivity index (χ1v) is 8.72. The van der Waals surface area contributed by atoms with E-state index in [2.05, 4.69) is 17.2 Å². The van der Waals surface area contributed by atoms with Crippen molar-refractivity contribution in [2.45, 2.75) is 38.6 Å². The highest BCUT2D eigenvalue weighted by Gasteiger charge is 2.31. The molecule has 1 heterocycles. The number of nitrogens with one attached hydrogen (secondary N) is 1. The molecule has 3 unspecified atom stereocenters. The molecule has 126 valence electrons. The maximum atomic E-state index is 12.5. The smallest absolute Gasteiger partial charge is 0.241 e. The molecule has 0 bridgehead atoms. The molecule has 1 fully saturated rings. The monoisotopic (exact) mass is 323 g/mol. The van der Waals surface area contributed by atoms with Crippen molar-refractivity contribution >= 4 is 11.6 Å². The molecule has 2 aromatic rings. The number of rotatable bonds is 4. The fourth-order valence-electron chi connectivity index (χ4n) is 3.59. The Kier molecular flexibility index (Phi) is 5.26. The van der Waals surface area contributed by atoms with Gasteiger partial charge in [0.05, 0.1) is 6.04 Å². The first-order chi connectivity index (χ1) is 11.6. The minimum Gasteiger partial charge on any atom is -0.325 e. The first kappa shape index (κ1) is 16.7. The molecule has 1 aliphatic rings. The van der Waals surface area contributed by atoms with Crippen LogP contribution in [0.4, 0.5) is 5.69 Å². The average molecular weight is 323 g/mol. The standard InChI is InChI=1S/C20H25N3O/c1-14-4-2-3-5-18(14)19(21)20(24)23-17-8-6-15(7-9-17)16-10-12-22-13-11-16/h6-14,18-19H,2-5,21H2,1H3,(H,23,24). The van der Waals surface area contributed by atoms with Gasteiger partial charge in [-0.3, -0.25) is 9.78 Å². The van der Waals surface area contributed by atoms with E-state index >= 15 is 0 Å². The lowest BCUT2D eigenvalue weighted by atomic mass is 9.76. The van der Waals surface area contributed by atoms with Crippen LogP contribution in [0.25, 0.3) is 11.1 Å². The van der Waals surface area contributed by atoms with Crippen LogP contribution < -0.4 is 11.1 Å². The van der Waals surface area contributed by atoms with Crippen molar-refractivity contribution in [3.63, 3.8) is 0 Å². The Hall–Kier alpha value is -2.20. The van der Waals surface area contributed by atoms with E-state index in [0.717, 1.165) is 23.2 Å². The van der Waals surface area contributed by atoms with Crippen LogP contribution >= 0.6 is 0 Å². The number of pyridine rings is 1. The lowest BCUT2D eigenvalue weighted by Crippen LogP contribution is -2.45. The van der Waals surface area contributed by atoms with Crippen LogP contribution in [0.3, 0.4) is 0 Å². The Morgan fingerprint density at radius 1 is 1.08 bits per heavy atom. The highest BCUT2D eigenvalue weighted by molar-refractivity contribution is 5.95. The van der Waals surface area contributed by atoms with Crippen molar-refractivity contribution in [3.8, 4) is 11.1 Å². The minimum absolute atomic E-state index is 0.0783. The minimum atomic E-state index is -0.430. The van der Waals surface area contributed by atoms with E-state index < -0.39 is 6.04 Å². The predicted molar refractivity (Wildman–Crippen MR) is 97.4 cm³/mol. The SMILES string of the molecule is CC1CCCCC1C(N)C(=O)Nc1ccc(-c2ccncc2)cc1. The summed E-state index contributed by atoms with van der Waals surface area (Å²) in [7, 11) is 0. The number of nitrogens with zero attached hydrogens (tertiary/aromatic N) is 1. The number of aromatic nitrogens is 1. The molecule has 1 aromatic heterocycles. The van der Waals surface area contributed by atoms with E-state index in [0.29, 0.717) is 5.92 Å². The predicted octanol–water partition coefficient (Wildman–Crippen LogP) is 3.84. The van der Waals surface area contributed by atoms with Gasteiger partial charge in [0, 0.05) is 18.1 Å². The Morgan fingerprint density at radius 2 is 1.71 bits per heavy atom. The molecular formula is C20H25N3O. The van der Waals surface area contributed by atoms with Gasteiger partial charge in [-0.2, -0.15) is 0 Å². The first-order valence-electron chi connectivity index (χ1n) is 8.72. The topological polar surface area (TPSA) is 68.0 Å². The molecule has 0 aliphatic heterocycles. The van der Waals surface area contributed by atoms with Crippen LogP contribution in [0.15, 0.2) is 48.8 Å². The summed E-state index contributed by atoms with van der Waals surface area (Å²) in [5.41, 5.74) is 9.23. The van der Waals surface area contributed by atoms with Gasteiger partial charge < -0.3 is 11.1 Å². The molecule has 1 aromatic carbocycles. The van der Waals surface area contributed by atoms with Gasteiger partial charge in [0.2, 0.25) is 5.91 Å². The number of benzene rings is 1. The van der Waals surface area contributed by atoms with Gasteiger partial charge in [-0.25, -0.2) is 0 Å². The van der Waals surface area contributed by atoms with Gasteiger partial charge in [-0.15, -0.1) is 0 Å². The third kappa shape index (κ3) is 3.82. The Bertz CT molecular complexity index is 669. The molecule has 0 saturated heterocycles. The van der Waals surface area contributed by atoms with Gasteiger partial charge >= 0.3 is 0 Å². The van der Waals surface area contributed by atoms with E-state index in [-0.39, 0.29) is 11.8 Å². The third-order valence-corrected chi connectivity index (χ3v) is 5.11. The quantitative estimate of drug-likeness (QED) is 0.898. The number of amides is 1. The van der Waals surface area contributed by atoms with Crippen LogP contribution in [0.5, 0.6) is 0 Å². The van der Waals surface area contributed by atoms with Crippen LogP contribution in [0.1, 0.15) is 32.6 Å². The third-order valence-electron chi connectivity index (χ3n) is 5.11. The van der Waals surface area contributed by atoms with Crippen molar-refractivity contribution in [1.82, 2.24) is 4.98 Å². The van der Waals surface area contributed by atoms with E-state index in [1.807, 2.05) is 36.4 Å². The van der Waals surface area contributed by atoms with E-state index in [1.54, 1.807) is 12.4 Å². The van der Waals surface area contributed by atoms with Gasteiger partial charge in [0.1, 0.15) is 0 Å². The largest absolute Gasteiger partial charge is 0.325 e. The molecule has 4 nitrogen and oxygen atoms in total. The van der Waals surface area contributed by atoms with E-state index in [4.69, 9.17) is 5.73 Å². The van der Waals surface area contributed by atoms with Crippen molar-refractivity contribution in [2.75, 3.05) is 5.32 Å². The van der Waals surface area contributed by atoms with Crippen molar-refractivity contribution in [1.29, 1.82) is 0 Å². The van der Waals surface area contributed by atoms with Crippen LogP contribution in [-0.4, -0.2) is 16.9 Å². The molecule has 3 atom stereocenters. The number of anilines is 1. The van der Waals surface area contributed by atoms with Crippen LogP contribution in [-0.2, 0) is 4.79 Å². The van der Waals surface area contributed by atoms with E-state index in [1.165, 1.54) is 19.3 Å². The van der Waals surface area contributed by atoms with Crippen molar-refractivity contribution in [2.24, 2.45) is 17.6 Å². The summed E-state index contributed by atoms with van der Waals surface area (Å²) in [5, 5.41) is 2.96. The molecular weight excluding hydrogens is 298 g/mol. The maximum absolute atomic E-state index is 12.5. The average Bonchev–Trinajstić information content (AvgIpc) is 2.63. The number of hydrogen-bond acceptors (Lipinski definition) is 3. The molecule has 1 aliphatic carbocycles. The van der Waals surface area contributed by atoms with Crippen LogP contribution in [0.2, 0.25) is 0 Å². The summed E-state index contributed by atoms with van der Waals surface area (Å²) in [6.45, 7) is 2.21. The number of carbonyl (C=O) groups excluding carboxylic acids is 1. The molecule has 1 saturated carbocycles. The molecule has 3 N–H and O–H groups in total. The molecule has 1 amide bonds. The normalized spacial score (nSPS) is 21.9. The molecule has 0 radical (unpaired) electrons. The summed E-state index contributed by atoms with van der Waals surface area (Å²) < 4.78 is 0. The van der Waals surface area contributed by atoms with Crippen molar-refractivity contribution < 1.29 is 4.79 Å². The Labute approximate surface area is 143 Å². The number of carbonyl (C=O) groups is 1. The second kappa shape index (κ2) is 7.58. The molecule has 3 rings (SSSR count). The summed E-state index contributed by atoms with van der Waals surface area (Å²) in [6, 6.07) is 11.3. The van der Waals surface area contributed by atoms with Crippen molar-refractivity contribution in [3.05, 3.63) is 48.8 Å². The summed E-state index contributed by atoms with van der Waals surface area (Å²) in [5.74, 6) is 0.730. The summed E-state index contributed by atoms with van der Waals surface area (Å²) >= 11 is 0. The molecule has 0 spiro atoms. The zero-order valence-electron chi connectivity index (χ0n) is 14.1. The van der Waals surface area contributed by atoms with Crippen LogP contribution in [0, 0.1) is 11.8 Å².